The van der Waals surface area contributed by atoms with Crippen LogP contribution in [-0.4, -0.2) is 53.8 Å². The SMILES string of the molecule is Cc1cccc(C(=O)Nc2ccc(Cn3nc(C(F)(F)F)nc3C(F)(F)F)nc2C)c1C(=O)N[C@@H](C)CS(C)=O. The molecule has 2 heterocycles. The second-order valence-electron chi connectivity index (χ2n) is 8.91. The Kier molecular flexibility index (Phi) is 9.01. The molecule has 3 aromatic rings. The Bertz CT molecular complexity index is 1450. The number of amides is 2. The lowest BCUT2D eigenvalue weighted by molar-refractivity contribution is -0.150. The van der Waals surface area contributed by atoms with Crippen molar-refractivity contribution in [3.8, 4) is 0 Å². The second kappa shape index (κ2) is 11.7. The molecule has 0 saturated carbocycles. The van der Waals surface area contributed by atoms with E-state index in [0.717, 1.165) is 0 Å². The fraction of sp³-hybridized carbons (Fsp3) is 0.375. The molecule has 40 heavy (non-hydrogen) atoms. The number of alkyl halides is 6. The lowest BCUT2D eigenvalue weighted by atomic mass is 10.00. The third-order valence-corrected chi connectivity index (χ3v) is 6.46. The molecule has 16 heteroatoms. The van der Waals surface area contributed by atoms with Gasteiger partial charge in [0, 0.05) is 28.9 Å². The summed E-state index contributed by atoms with van der Waals surface area (Å²) in [5.41, 5.74) is 0.865. The van der Waals surface area contributed by atoms with Gasteiger partial charge in [-0.25, -0.2) is 4.68 Å². The molecule has 0 aliphatic rings. The molecule has 1 aromatic carbocycles. The van der Waals surface area contributed by atoms with Gasteiger partial charge in [-0.1, -0.05) is 12.1 Å². The molecule has 0 aliphatic heterocycles. The predicted molar refractivity (Wildman–Crippen MR) is 133 cm³/mol. The summed E-state index contributed by atoms with van der Waals surface area (Å²) in [6.45, 7) is 3.98. The monoisotopic (exact) mass is 590 g/mol. The van der Waals surface area contributed by atoms with Crippen molar-refractivity contribution in [2.24, 2.45) is 0 Å². The van der Waals surface area contributed by atoms with E-state index in [9.17, 15) is 40.1 Å². The molecule has 1 unspecified atom stereocenters. The Morgan fingerprint density at radius 2 is 1.68 bits per heavy atom. The zero-order chi connectivity index (χ0) is 30.0. The first kappa shape index (κ1) is 30.7. The van der Waals surface area contributed by atoms with E-state index in [-0.39, 0.29) is 38.6 Å². The van der Waals surface area contributed by atoms with Crippen molar-refractivity contribution < 1.29 is 40.1 Å². The summed E-state index contributed by atoms with van der Waals surface area (Å²) < 4.78 is 90.0. The maximum Gasteiger partial charge on any atom is 0.453 e. The molecule has 0 spiro atoms. The van der Waals surface area contributed by atoms with Gasteiger partial charge in [0.25, 0.3) is 17.6 Å². The minimum absolute atomic E-state index is 0.0305. The Hall–Kier alpha value is -3.82. The zero-order valence-electron chi connectivity index (χ0n) is 21.6. The molecule has 2 atom stereocenters. The number of nitrogens with one attached hydrogen (secondary N) is 2. The van der Waals surface area contributed by atoms with E-state index >= 15 is 0 Å². The Labute approximate surface area is 226 Å². The summed E-state index contributed by atoms with van der Waals surface area (Å²) in [6.07, 6.45) is -8.87. The topological polar surface area (TPSA) is 119 Å². The van der Waals surface area contributed by atoms with Gasteiger partial charge in [0.15, 0.2) is 0 Å². The van der Waals surface area contributed by atoms with Gasteiger partial charge in [0.2, 0.25) is 5.82 Å². The van der Waals surface area contributed by atoms with Gasteiger partial charge in [0.05, 0.1) is 34.7 Å². The van der Waals surface area contributed by atoms with E-state index in [4.69, 9.17) is 0 Å². The summed E-state index contributed by atoms with van der Waals surface area (Å²) >= 11 is 0. The normalized spacial score (nSPS) is 13.6. The number of halogens is 6. The summed E-state index contributed by atoms with van der Waals surface area (Å²) in [6, 6.07) is 6.75. The molecule has 0 saturated heterocycles. The minimum Gasteiger partial charge on any atom is -0.349 e. The van der Waals surface area contributed by atoms with Crippen molar-refractivity contribution >= 4 is 28.3 Å². The number of benzene rings is 1. The Balaban J connectivity index is 1.84. The number of anilines is 1. The largest absolute Gasteiger partial charge is 0.453 e. The molecule has 0 bridgehead atoms. The van der Waals surface area contributed by atoms with Crippen LogP contribution in [-0.2, 0) is 29.7 Å². The summed E-state index contributed by atoms with van der Waals surface area (Å²) in [5, 5.41) is 8.25. The number of aromatic nitrogens is 4. The molecule has 0 fully saturated rings. The molecular weight excluding hydrogens is 566 g/mol. The molecule has 216 valence electrons. The van der Waals surface area contributed by atoms with Gasteiger partial charge in [-0.05, 0) is 44.5 Å². The number of pyridine rings is 1. The van der Waals surface area contributed by atoms with E-state index in [1.165, 1.54) is 31.4 Å². The highest BCUT2D eigenvalue weighted by atomic mass is 32.2. The highest BCUT2D eigenvalue weighted by molar-refractivity contribution is 7.84. The highest BCUT2D eigenvalue weighted by Gasteiger charge is 2.44. The van der Waals surface area contributed by atoms with Crippen LogP contribution in [0.1, 0.15) is 56.2 Å². The molecule has 9 nitrogen and oxygen atoms in total. The third kappa shape index (κ3) is 7.43. The number of aryl methyl sites for hydroxylation is 2. The van der Waals surface area contributed by atoms with Crippen molar-refractivity contribution in [3.05, 3.63) is 70.1 Å². The van der Waals surface area contributed by atoms with E-state index in [0.29, 0.717) is 5.56 Å². The molecule has 0 aliphatic carbocycles. The zero-order valence-corrected chi connectivity index (χ0v) is 22.4. The van der Waals surface area contributed by atoms with Gasteiger partial charge < -0.3 is 10.6 Å². The van der Waals surface area contributed by atoms with Gasteiger partial charge in [-0.15, -0.1) is 5.10 Å². The van der Waals surface area contributed by atoms with Crippen LogP contribution < -0.4 is 10.6 Å². The average molecular weight is 591 g/mol. The molecule has 0 radical (unpaired) electrons. The second-order valence-corrected chi connectivity index (χ2v) is 10.4. The van der Waals surface area contributed by atoms with Crippen LogP contribution in [0, 0.1) is 13.8 Å². The van der Waals surface area contributed by atoms with E-state index in [1.54, 1.807) is 26.0 Å². The van der Waals surface area contributed by atoms with Crippen molar-refractivity contribution in [2.75, 3.05) is 17.3 Å². The smallest absolute Gasteiger partial charge is 0.349 e. The van der Waals surface area contributed by atoms with Gasteiger partial charge in [-0.3, -0.25) is 18.8 Å². The first-order valence-electron chi connectivity index (χ1n) is 11.5. The summed E-state index contributed by atoms with van der Waals surface area (Å²) in [7, 11) is -1.16. The van der Waals surface area contributed by atoms with Crippen LogP contribution >= 0.6 is 0 Å². The van der Waals surface area contributed by atoms with Crippen LogP contribution in [0.2, 0.25) is 0 Å². The van der Waals surface area contributed by atoms with Crippen LogP contribution in [0.4, 0.5) is 32.0 Å². The lowest BCUT2D eigenvalue weighted by Crippen LogP contribution is -2.37. The fourth-order valence-corrected chi connectivity index (χ4v) is 4.59. The number of carbonyl (C=O) groups excluding carboxylic acids is 2. The Morgan fingerprint density at radius 1 is 1.00 bits per heavy atom. The van der Waals surface area contributed by atoms with Crippen molar-refractivity contribution in [1.82, 2.24) is 25.1 Å². The first-order chi connectivity index (χ1) is 18.5. The van der Waals surface area contributed by atoms with E-state index in [2.05, 4.69) is 25.7 Å². The van der Waals surface area contributed by atoms with Gasteiger partial charge in [0.1, 0.15) is 0 Å². The Morgan fingerprint density at radius 3 is 2.25 bits per heavy atom. The number of hydrogen-bond acceptors (Lipinski definition) is 6. The van der Waals surface area contributed by atoms with Crippen LogP contribution in [0.15, 0.2) is 30.3 Å². The molecule has 2 N–H and O–H groups in total. The molecule has 3 rings (SSSR count). The summed E-state index contributed by atoms with van der Waals surface area (Å²) in [5.74, 6) is -4.77. The van der Waals surface area contributed by atoms with Gasteiger partial charge >= 0.3 is 12.4 Å². The average Bonchev–Trinajstić information content (AvgIpc) is 3.25. The van der Waals surface area contributed by atoms with Crippen molar-refractivity contribution in [2.45, 2.75) is 45.7 Å². The quantitative estimate of drug-likeness (QED) is 0.381. The fourth-order valence-electron chi connectivity index (χ4n) is 3.81. The number of nitrogens with zero attached hydrogens (tertiary/aromatic N) is 4. The van der Waals surface area contributed by atoms with Crippen LogP contribution in [0.25, 0.3) is 0 Å². The first-order valence-corrected chi connectivity index (χ1v) is 13.3. The predicted octanol–water partition coefficient (Wildman–Crippen LogP) is 4.12. The number of carbonyl (C=O) groups is 2. The van der Waals surface area contributed by atoms with Crippen LogP contribution in [0.3, 0.4) is 0 Å². The van der Waals surface area contributed by atoms with Gasteiger partial charge in [-0.2, -0.15) is 31.3 Å². The number of hydrogen-bond donors (Lipinski definition) is 2. The molecule has 2 amide bonds. The lowest BCUT2D eigenvalue weighted by Gasteiger charge is -2.17. The third-order valence-electron chi connectivity index (χ3n) is 5.49. The minimum atomic E-state index is -5.19. The van der Waals surface area contributed by atoms with E-state index < -0.39 is 59.2 Å². The maximum atomic E-state index is 13.2. The highest BCUT2D eigenvalue weighted by Crippen LogP contribution is 2.33. The van der Waals surface area contributed by atoms with Crippen molar-refractivity contribution in [1.29, 1.82) is 0 Å². The molecular formula is C24H24F6N6O3S. The van der Waals surface area contributed by atoms with Crippen LogP contribution in [0.5, 0.6) is 0 Å². The maximum absolute atomic E-state index is 13.2. The van der Waals surface area contributed by atoms with Crippen molar-refractivity contribution in [3.63, 3.8) is 0 Å². The summed E-state index contributed by atoms with van der Waals surface area (Å²) in [4.78, 5) is 32.7. The molecule has 2 aromatic heterocycles. The number of rotatable bonds is 8. The standard InChI is InChI=1S/C24H24F6N6O3S/c1-12-6-5-7-16(18(12)20(38)31-13(2)11-40(4)39)19(37)33-17-9-8-15(32-14(17)3)10-36-22(24(28,29)30)34-21(35-36)23(25,26)27/h5-9,13H,10-11H2,1-4H3,(H,31,38)(H,33,37)/t13-,40?/m0/s1. The van der Waals surface area contributed by atoms with E-state index in [1.807, 2.05) is 0 Å².